The van der Waals surface area contributed by atoms with Crippen molar-refractivity contribution in [3.63, 3.8) is 0 Å². The number of Topliss-reactive ketones (excluding diaryl/α,β-unsaturated/α-hetero) is 1. The van der Waals surface area contributed by atoms with Crippen LogP contribution in [0, 0.1) is 0 Å². The number of nitrogen functional groups attached to an aromatic ring is 1. The number of nitrogens with two attached hydrogens (primary N) is 1. The molecule has 0 aliphatic rings. The highest BCUT2D eigenvalue weighted by atomic mass is 32.2. The van der Waals surface area contributed by atoms with Crippen molar-refractivity contribution in [2.24, 2.45) is 0 Å². The van der Waals surface area contributed by atoms with Gasteiger partial charge in [0.15, 0.2) is 0 Å². The van der Waals surface area contributed by atoms with Crippen molar-refractivity contribution in [2.75, 3.05) is 31.7 Å². The Labute approximate surface area is 258 Å². The van der Waals surface area contributed by atoms with Crippen molar-refractivity contribution in [3.8, 4) is 5.75 Å². The van der Waals surface area contributed by atoms with E-state index in [4.69, 9.17) is 14.7 Å². The first kappa shape index (κ1) is 34.3. The first-order chi connectivity index (χ1) is 21.0. The van der Waals surface area contributed by atoms with Crippen LogP contribution in [0.15, 0.2) is 84.9 Å². The number of carbonyl (C=O) groups is 3. The van der Waals surface area contributed by atoms with Crippen LogP contribution in [0.5, 0.6) is 5.75 Å². The highest BCUT2D eigenvalue weighted by Gasteiger charge is 2.31. The number of sulfonamides is 1. The Morgan fingerprint density at radius 1 is 0.864 bits per heavy atom. The molecule has 3 aromatic carbocycles. The Balaban J connectivity index is 1.60. The van der Waals surface area contributed by atoms with Gasteiger partial charge in [-0.3, -0.25) is 14.4 Å². The summed E-state index contributed by atoms with van der Waals surface area (Å²) >= 11 is -1.93. The fourth-order valence-electron chi connectivity index (χ4n) is 3.82. The number of nitrogens with one attached hydrogen (secondary N) is 4. The summed E-state index contributed by atoms with van der Waals surface area (Å²) < 4.78 is 51.6. The van der Waals surface area contributed by atoms with Gasteiger partial charge in [-0.25, -0.2) is 17.9 Å². The van der Waals surface area contributed by atoms with Crippen molar-refractivity contribution in [3.05, 3.63) is 96.1 Å². The van der Waals surface area contributed by atoms with Crippen molar-refractivity contribution < 1.29 is 35.9 Å². The van der Waals surface area contributed by atoms with E-state index in [1.54, 1.807) is 54.6 Å². The Kier molecular flexibility index (Phi) is 13.4. The zero-order valence-electron chi connectivity index (χ0n) is 23.9. The number of benzene rings is 3. The quantitative estimate of drug-likeness (QED) is 0.0738. The Bertz CT molecular complexity index is 1510. The van der Waals surface area contributed by atoms with Gasteiger partial charge in [0.05, 0.1) is 19.5 Å². The molecule has 0 spiro atoms. The minimum absolute atomic E-state index is 0.00454. The van der Waals surface area contributed by atoms with Crippen LogP contribution in [0.3, 0.4) is 0 Å². The second-order valence-electron chi connectivity index (χ2n) is 9.60. The van der Waals surface area contributed by atoms with Gasteiger partial charge >= 0.3 is 0 Å². The van der Waals surface area contributed by atoms with Crippen LogP contribution in [0.1, 0.15) is 11.1 Å². The van der Waals surface area contributed by atoms with E-state index in [2.05, 4.69) is 20.1 Å². The molecule has 236 valence electrons. The lowest BCUT2D eigenvalue weighted by atomic mass is 10.0. The minimum atomic E-state index is -3.84. The van der Waals surface area contributed by atoms with Gasteiger partial charge in [-0.05, 0) is 35.4 Å². The summed E-state index contributed by atoms with van der Waals surface area (Å²) in [5.74, 6) is -2.48. The third-order valence-corrected chi connectivity index (χ3v) is 7.39. The van der Waals surface area contributed by atoms with Gasteiger partial charge in [-0.2, -0.15) is 4.21 Å². The predicted octanol–water partition coefficient (Wildman–Crippen LogP) is 0.363. The lowest BCUT2D eigenvalue weighted by Crippen LogP contribution is -2.56. The molecule has 0 fully saturated rings. The van der Waals surface area contributed by atoms with Gasteiger partial charge in [-0.1, -0.05) is 60.7 Å². The first-order valence-corrected chi connectivity index (χ1v) is 16.4. The number of anilines is 1. The monoisotopic (exact) mass is 645 g/mol. The fourth-order valence-corrected chi connectivity index (χ4v) is 5.12. The SMILES string of the molecule is CS(=O)(=O)NC(COCc1ccccc1)C(=O)NC(Cc1ccccc1)C(=O)C(=O)NCCNS(=O)Oc1ccc(N)cc1. The average molecular weight is 646 g/mol. The van der Waals surface area contributed by atoms with E-state index in [1.807, 2.05) is 30.3 Å². The minimum Gasteiger partial charge on any atom is -0.399 e. The van der Waals surface area contributed by atoms with Gasteiger partial charge in [0, 0.05) is 25.2 Å². The smallest absolute Gasteiger partial charge is 0.289 e. The maximum absolute atomic E-state index is 13.2. The zero-order chi connectivity index (χ0) is 32.0. The molecule has 3 aromatic rings. The first-order valence-electron chi connectivity index (χ1n) is 13.4. The van der Waals surface area contributed by atoms with Crippen molar-refractivity contribution in [1.82, 2.24) is 20.1 Å². The summed E-state index contributed by atoms with van der Waals surface area (Å²) in [6, 6.07) is 21.3. The van der Waals surface area contributed by atoms with Crippen molar-refractivity contribution in [2.45, 2.75) is 25.1 Å². The third kappa shape index (κ3) is 12.6. The molecule has 0 saturated heterocycles. The van der Waals surface area contributed by atoms with E-state index < -0.39 is 51.0 Å². The van der Waals surface area contributed by atoms with Gasteiger partial charge < -0.3 is 25.3 Å². The van der Waals surface area contributed by atoms with Gasteiger partial charge in [0.1, 0.15) is 17.8 Å². The molecule has 13 nitrogen and oxygen atoms in total. The third-order valence-electron chi connectivity index (χ3n) is 5.89. The standard InChI is InChI=1S/C29H35N5O8S2/c1-44(39,40)34-26(20-41-19-22-10-6-3-7-11-22)28(36)33-25(18-21-8-4-2-5-9-21)27(35)29(37)31-16-17-32-43(38)42-24-14-12-23(30)13-15-24/h2-15,25-26,32,34H,16-20,30H2,1H3,(H,31,37)(H,33,36). The summed E-state index contributed by atoms with van der Waals surface area (Å²) in [4.78, 5) is 39.2. The molecule has 0 aromatic heterocycles. The van der Waals surface area contributed by atoms with Crippen LogP contribution in [-0.4, -0.2) is 68.3 Å². The largest absolute Gasteiger partial charge is 0.399 e. The summed E-state index contributed by atoms with van der Waals surface area (Å²) in [7, 11) is -3.84. The number of ether oxygens (including phenoxy) is 1. The Morgan fingerprint density at radius 3 is 2.09 bits per heavy atom. The molecule has 0 aliphatic carbocycles. The van der Waals surface area contributed by atoms with Crippen LogP contribution >= 0.6 is 0 Å². The van der Waals surface area contributed by atoms with Crippen molar-refractivity contribution in [1.29, 1.82) is 0 Å². The Morgan fingerprint density at radius 2 is 1.48 bits per heavy atom. The molecule has 0 heterocycles. The topological polar surface area (TPSA) is 195 Å². The van der Waals surface area contributed by atoms with E-state index in [0.29, 0.717) is 17.0 Å². The molecule has 0 aliphatic heterocycles. The molecule has 15 heteroatoms. The number of ketones is 1. The summed E-state index contributed by atoms with van der Waals surface area (Å²) in [6.07, 6.45) is 0.860. The lowest BCUT2D eigenvalue weighted by molar-refractivity contribution is -0.140. The molecular weight excluding hydrogens is 610 g/mol. The molecule has 44 heavy (non-hydrogen) atoms. The van der Waals surface area contributed by atoms with E-state index in [9.17, 15) is 27.0 Å². The van der Waals surface area contributed by atoms with E-state index in [1.165, 1.54) is 0 Å². The van der Waals surface area contributed by atoms with Crippen LogP contribution in [0.2, 0.25) is 0 Å². The molecule has 3 rings (SSSR count). The van der Waals surface area contributed by atoms with E-state index in [0.717, 1.165) is 11.8 Å². The molecular formula is C29H35N5O8S2. The van der Waals surface area contributed by atoms with Crippen molar-refractivity contribution >= 4 is 44.6 Å². The van der Waals surface area contributed by atoms with Crippen LogP contribution in [-0.2, 0) is 53.4 Å². The summed E-state index contributed by atoms with van der Waals surface area (Å²) in [6.45, 7) is -0.295. The fraction of sp³-hybridized carbons (Fsp3) is 0.276. The summed E-state index contributed by atoms with van der Waals surface area (Å²) in [5.41, 5.74) is 7.60. The molecule has 3 unspecified atom stereocenters. The van der Waals surface area contributed by atoms with Gasteiger partial charge in [0.25, 0.3) is 17.2 Å². The second kappa shape index (κ2) is 17.2. The number of hydrogen-bond acceptors (Lipinski definition) is 9. The second-order valence-corrected chi connectivity index (χ2v) is 12.3. The maximum Gasteiger partial charge on any atom is 0.289 e. The molecule has 3 atom stereocenters. The van der Waals surface area contributed by atoms with Crippen LogP contribution in [0.25, 0.3) is 0 Å². The zero-order valence-corrected chi connectivity index (χ0v) is 25.6. The number of rotatable bonds is 18. The van der Waals surface area contributed by atoms with E-state index in [-0.39, 0.29) is 32.7 Å². The molecule has 2 amide bonds. The number of amides is 2. The predicted molar refractivity (Wildman–Crippen MR) is 166 cm³/mol. The normalized spacial score (nSPS) is 13.3. The summed E-state index contributed by atoms with van der Waals surface area (Å²) in [5, 5.41) is 4.93. The number of carbonyl (C=O) groups excluding carboxylic acids is 3. The molecule has 6 N–H and O–H groups in total. The number of hydrogen-bond donors (Lipinski definition) is 5. The lowest BCUT2D eigenvalue weighted by Gasteiger charge is -2.22. The van der Waals surface area contributed by atoms with Gasteiger partial charge in [0.2, 0.25) is 21.7 Å². The highest BCUT2D eigenvalue weighted by molar-refractivity contribution is 7.88. The van der Waals surface area contributed by atoms with Gasteiger partial charge in [-0.15, -0.1) is 0 Å². The maximum atomic E-state index is 13.2. The molecule has 0 radical (unpaired) electrons. The average Bonchev–Trinajstić information content (AvgIpc) is 2.99. The highest BCUT2D eigenvalue weighted by Crippen LogP contribution is 2.13. The van der Waals surface area contributed by atoms with Crippen LogP contribution < -0.4 is 30.0 Å². The van der Waals surface area contributed by atoms with E-state index >= 15 is 0 Å². The molecule has 0 bridgehead atoms. The Hall–Kier alpha value is -4.15. The molecule has 0 saturated carbocycles. The van der Waals surface area contributed by atoms with Crippen LogP contribution in [0.4, 0.5) is 5.69 Å².